The maximum atomic E-state index is 13.0. The average Bonchev–Trinajstić information content (AvgIpc) is 3.03. The molecule has 24 heavy (non-hydrogen) atoms. The summed E-state index contributed by atoms with van der Waals surface area (Å²) in [7, 11) is 0. The van der Waals surface area contributed by atoms with Gasteiger partial charge in [0.1, 0.15) is 11.6 Å². The molecular weight excluding hydrogens is 307 g/mol. The van der Waals surface area contributed by atoms with Crippen LogP contribution in [0, 0.1) is 5.82 Å². The molecule has 4 nitrogen and oxygen atoms in total. The van der Waals surface area contributed by atoms with E-state index in [9.17, 15) is 14.3 Å². The molecule has 3 rings (SSSR count). The van der Waals surface area contributed by atoms with E-state index in [0.717, 1.165) is 30.8 Å². The number of nitrogens with zero attached hydrogens (tertiary/aromatic N) is 2. The molecule has 1 saturated heterocycles. The third-order valence-electron chi connectivity index (χ3n) is 4.58. The first-order valence-corrected chi connectivity index (χ1v) is 8.22. The van der Waals surface area contributed by atoms with Gasteiger partial charge in [0.25, 0.3) is 0 Å². The number of benzene rings is 1. The Morgan fingerprint density at radius 1 is 1.33 bits per heavy atom. The minimum atomic E-state index is -0.632. The van der Waals surface area contributed by atoms with Crippen LogP contribution < -0.4 is 4.90 Å². The molecule has 0 spiro atoms. The molecule has 126 valence electrons. The van der Waals surface area contributed by atoms with Crippen LogP contribution in [0.5, 0.6) is 0 Å². The van der Waals surface area contributed by atoms with Gasteiger partial charge in [0, 0.05) is 24.3 Å². The topological polar surface area (TPSA) is 53.4 Å². The average molecular weight is 328 g/mol. The summed E-state index contributed by atoms with van der Waals surface area (Å²) in [4.78, 5) is 17.9. The molecule has 0 bridgehead atoms. The number of hydrogen-bond donors (Lipinski definition) is 1. The van der Waals surface area contributed by atoms with Crippen LogP contribution in [0.3, 0.4) is 0 Å². The number of aliphatic hydroxyl groups is 1. The molecule has 1 aromatic carbocycles. The van der Waals surface area contributed by atoms with Gasteiger partial charge in [-0.2, -0.15) is 0 Å². The van der Waals surface area contributed by atoms with Crippen LogP contribution >= 0.6 is 0 Å². The van der Waals surface area contributed by atoms with E-state index in [1.807, 2.05) is 6.07 Å². The Bertz CT molecular complexity index is 700. The quantitative estimate of drug-likeness (QED) is 0.853. The number of Topliss-reactive ketones (excluding diaryl/α,β-unsaturated/α-hetero) is 1. The van der Waals surface area contributed by atoms with Gasteiger partial charge >= 0.3 is 0 Å². The van der Waals surface area contributed by atoms with Gasteiger partial charge in [0.2, 0.25) is 0 Å². The van der Waals surface area contributed by atoms with Crippen molar-refractivity contribution < 1.29 is 14.3 Å². The number of pyridine rings is 1. The van der Waals surface area contributed by atoms with Gasteiger partial charge in [0.05, 0.1) is 6.10 Å². The number of aromatic nitrogens is 1. The number of carbonyl (C=O) groups is 1. The largest absolute Gasteiger partial charge is 0.388 e. The minimum Gasteiger partial charge on any atom is -0.388 e. The van der Waals surface area contributed by atoms with Crippen molar-refractivity contribution in [3.63, 3.8) is 0 Å². The molecule has 1 fully saturated rings. The lowest BCUT2D eigenvalue weighted by molar-refractivity contribution is 0.101. The van der Waals surface area contributed by atoms with E-state index in [4.69, 9.17) is 0 Å². The summed E-state index contributed by atoms with van der Waals surface area (Å²) in [5.41, 5.74) is 1.32. The Kier molecular flexibility index (Phi) is 4.90. The Labute approximate surface area is 141 Å². The zero-order valence-corrected chi connectivity index (χ0v) is 13.7. The number of halogens is 1. The van der Waals surface area contributed by atoms with Crippen LogP contribution in [0.25, 0.3) is 0 Å². The molecule has 0 amide bonds. The number of ketones is 1. The molecule has 0 saturated carbocycles. The fourth-order valence-corrected chi connectivity index (χ4v) is 3.23. The Balaban J connectivity index is 1.70. The number of anilines is 1. The van der Waals surface area contributed by atoms with E-state index in [2.05, 4.69) is 9.88 Å². The van der Waals surface area contributed by atoms with Crippen molar-refractivity contribution in [1.29, 1.82) is 0 Å². The van der Waals surface area contributed by atoms with Crippen LogP contribution in [0.15, 0.2) is 42.6 Å². The predicted octanol–water partition coefficient (Wildman–Crippen LogP) is 3.52. The molecule has 2 aromatic rings. The number of aliphatic hydroxyl groups excluding tert-OH is 1. The van der Waals surface area contributed by atoms with Gasteiger partial charge in [-0.25, -0.2) is 9.37 Å². The van der Waals surface area contributed by atoms with Crippen molar-refractivity contribution in [2.45, 2.75) is 38.3 Å². The third kappa shape index (κ3) is 3.62. The molecule has 1 N–H and O–H groups in total. The highest BCUT2D eigenvalue weighted by Crippen LogP contribution is 2.30. The van der Waals surface area contributed by atoms with Crippen molar-refractivity contribution in [3.05, 3.63) is 59.5 Å². The molecule has 5 heteroatoms. The van der Waals surface area contributed by atoms with Gasteiger partial charge in [-0.1, -0.05) is 12.1 Å². The second kappa shape index (κ2) is 7.09. The SMILES string of the molecule is CC(=O)c1ccc(N2CCCC2CC(O)c2ccc(F)cc2)nc1. The van der Waals surface area contributed by atoms with Crippen molar-refractivity contribution in [2.75, 3.05) is 11.4 Å². The highest BCUT2D eigenvalue weighted by Gasteiger charge is 2.28. The van der Waals surface area contributed by atoms with E-state index >= 15 is 0 Å². The van der Waals surface area contributed by atoms with Crippen LogP contribution in [-0.4, -0.2) is 28.5 Å². The van der Waals surface area contributed by atoms with E-state index < -0.39 is 6.10 Å². The summed E-state index contributed by atoms with van der Waals surface area (Å²) in [6.45, 7) is 2.40. The first-order chi connectivity index (χ1) is 11.5. The molecule has 1 aromatic heterocycles. The van der Waals surface area contributed by atoms with Gasteiger partial charge in [-0.15, -0.1) is 0 Å². The van der Waals surface area contributed by atoms with E-state index in [1.165, 1.54) is 19.1 Å². The lowest BCUT2D eigenvalue weighted by Crippen LogP contribution is -2.31. The maximum Gasteiger partial charge on any atom is 0.161 e. The monoisotopic (exact) mass is 328 g/mol. The van der Waals surface area contributed by atoms with Gasteiger partial charge in [-0.05, 0) is 56.0 Å². The first-order valence-electron chi connectivity index (χ1n) is 8.22. The van der Waals surface area contributed by atoms with Gasteiger partial charge in [-0.3, -0.25) is 4.79 Å². The zero-order chi connectivity index (χ0) is 17.1. The molecule has 2 heterocycles. The normalized spacial score (nSPS) is 18.6. The smallest absolute Gasteiger partial charge is 0.161 e. The lowest BCUT2D eigenvalue weighted by atomic mass is 10.0. The van der Waals surface area contributed by atoms with Crippen LogP contribution in [0.2, 0.25) is 0 Å². The second-order valence-electron chi connectivity index (χ2n) is 6.25. The fourth-order valence-electron chi connectivity index (χ4n) is 3.23. The van der Waals surface area contributed by atoms with Crippen LogP contribution in [-0.2, 0) is 0 Å². The van der Waals surface area contributed by atoms with Crippen LogP contribution in [0.4, 0.5) is 10.2 Å². The Morgan fingerprint density at radius 2 is 2.08 bits per heavy atom. The molecule has 1 aliphatic rings. The molecule has 1 aliphatic heterocycles. The Morgan fingerprint density at radius 3 is 2.71 bits per heavy atom. The predicted molar refractivity (Wildman–Crippen MR) is 90.6 cm³/mol. The van der Waals surface area contributed by atoms with E-state index in [0.29, 0.717) is 12.0 Å². The van der Waals surface area contributed by atoms with Crippen molar-refractivity contribution in [1.82, 2.24) is 4.98 Å². The van der Waals surface area contributed by atoms with E-state index in [1.54, 1.807) is 24.4 Å². The lowest BCUT2D eigenvalue weighted by Gasteiger charge is -2.27. The summed E-state index contributed by atoms with van der Waals surface area (Å²) in [5, 5.41) is 10.4. The molecule has 2 unspecified atom stereocenters. The molecular formula is C19H21FN2O2. The second-order valence-corrected chi connectivity index (χ2v) is 6.25. The summed E-state index contributed by atoms with van der Waals surface area (Å²) in [6, 6.07) is 9.81. The summed E-state index contributed by atoms with van der Waals surface area (Å²) in [6.07, 6.45) is 3.56. The van der Waals surface area contributed by atoms with Crippen molar-refractivity contribution in [2.24, 2.45) is 0 Å². The van der Waals surface area contributed by atoms with Crippen molar-refractivity contribution >= 4 is 11.6 Å². The third-order valence-corrected chi connectivity index (χ3v) is 4.58. The summed E-state index contributed by atoms with van der Waals surface area (Å²) >= 11 is 0. The first kappa shape index (κ1) is 16.6. The number of rotatable bonds is 5. The standard InChI is InChI=1S/C19H21FN2O2/c1-13(23)15-6-9-19(21-12-15)22-10-2-3-17(22)11-18(24)14-4-7-16(20)8-5-14/h4-9,12,17-18,24H,2-3,10-11H2,1H3. The Hall–Kier alpha value is -2.27. The molecule has 2 atom stereocenters. The highest BCUT2D eigenvalue weighted by molar-refractivity contribution is 5.93. The summed E-state index contributed by atoms with van der Waals surface area (Å²) < 4.78 is 13.0. The zero-order valence-electron chi connectivity index (χ0n) is 13.7. The molecule has 0 aliphatic carbocycles. The van der Waals surface area contributed by atoms with Crippen LogP contribution in [0.1, 0.15) is 48.2 Å². The van der Waals surface area contributed by atoms with E-state index in [-0.39, 0.29) is 17.6 Å². The minimum absolute atomic E-state index is 0.00115. The molecule has 0 radical (unpaired) electrons. The van der Waals surface area contributed by atoms with Gasteiger partial charge in [0.15, 0.2) is 5.78 Å². The number of carbonyl (C=O) groups excluding carboxylic acids is 1. The van der Waals surface area contributed by atoms with Crippen molar-refractivity contribution in [3.8, 4) is 0 Å². The number of hydrogen-bond acceptors (Lipinski definition) is 4. The summed E-state index contributed by atoms with van der Waals surface area (Å²) in [5.74, 6) is 0.524. The fraction of sp³-hybridized carbons (Fsp3) is 0.368. The van der Waals surface area contributed by atoms with Gasteiger partial charge < -0.3 is 10.0 Å². The maximum absolute atomic E-state index is 13.0. The highest BCUT2D eigenvalue weighted by atomic mass is 19.1.